The Bertz CT molecular complexity index is 447. The van der Waals surface area contributed by atoms with E-state index in [0.29, 0.717) is 6.04 Å². The van der Waals surface area contributed by atoms with Crippen LogP contribution < -0.4 is 10.6 Å². The van der Waals surface area contributed by atoms with Gasteiger partial charge in [0, 0.05) is 18.5 Å². The molecule has 0 spiro atoms. The molecule has 1 aliphatic rings. The second-order valence-electron chi connectivity index (χ2n) is 3.53. The summed E-state index contributed by atoms with van der Waals surface area (Å²) >= 11 is 1.55. The first kappa shape index (κ1) is 8.20. The van der Waals surface area contributed by atoms with E-state index in [0.717, 1.165) is 18.6 Å². The number of aromatic nitrogens is 1. The minimum absolute atomic E-state index is 0.582. The first-order chi connectivity index (χ1) is 6.93. The summed E-state index contributed by atoms with van der Waals surface area (Å²) in [6.07, 6.45) is 0. The molecule has 0 radical (unpaired) electrons. The number of hydrogen-bond donors (Lipinski definition) is 2. The summed E-state index contributed by atoms with van der Waals surface area (Å²) in [5, 5.41) is 9.18. The summed E-state index contributed by atoms with van der Waals surface area (Å²) in [7, 11) is 0. The Kier molecular flexibility index (Phi) is 1.89. The van der Waals surface area contributed by atoms with Crippen molar-refractivity contribution in [1.82, 2.24) is 9.69 Å². The lowest BCUT2D eigenvalue weighted by Crippen LogP contribution is -2.51. The van der Waals surface area contributed by atoms with Crippen LogP contribution in [0.5, 0.6) is 0 Å². The highest BCUT2D eigenvalue weighted by Gasteiger charge is 2.17. The van der Waals surface area contributed by atoms with Crippen molar-refractivity contribution in [3.63, 3.8) is 0 Å². The van der Waals surface area contributed by atoms with Crippen molar-refractivity contribution < 1.29 is 0 Å². The molecule has 0 amide bonds. The zero-order valence-electron chi connectivity index (χ0n) is 7.66. The zero-order chi connectivity index (χ0) is 9.38. The van der Waals surface area contributed by atoms with Crippen molar-refractivity contribution in [3.05, 3.63) is 24.3 Å². The fraction of sp³-hybridized carbons (Fsp3) is 0.300. The summed E-state index contributed by atoms with van der Waals surface area (Å²) in [4.78, 5) is 0. The van der Waals surface area contributed by atoms with Crippen molar-refractivity contribution in [2.75, 3.05) is 18.4 Å². The Morgan fingerprint density at radius 2 is 2.21 bits per heavy atom. The summed E-state index contributed by atoms with van der Waals surface area (Å²) < 4.78 is 4.39. The molecular weight excluding hydrogens is 194 g/mol. The van der Waals surface area contributed by atoms with E-state index in [9.17, 15) is 0 Å². The molecule has 1 fully saturated rings. The third-order valence-corrected chi connectivity index (χ3v) is 3.31. The van der Waals surface area contributed by atoms with Crippen molar-refractivity contribution in [2.24, 2.45) is 0 Å². The molecule has 0 aliphatic carbocycles. The molecule has 3 nitrogen and oxygen atoms in total. The maximum absolute atomic E-state index is 4.39. The highest BCUT2D eigenvalue weighted by Crippen LogP contribution is 2.28. The highest BCUT2D eigenvalue weighted by molar-refractivity contribution is 7.11. The maximum atomic E-state index is 4.39. The first-order valence-electron chi connectivity index (χ1n) is 4.75. The van der Waals surface area contributed by atoms with Crippen LogP contribution in [0.15, 0.2) is 24.3 Å². The molecule has 2 N–H and O–H groups in total. The Morgan fingerprint density at radius 3 is 3.00 bits per heavy atom. The number of fused-ring (bicyclic) bond motifs is 1. The van der Waals surface area contributed by atoms with Crippen LogP contribution in [0.1, 0.15) is 0 Å². The van der Waals surface area contributed by atoms with Gasteiger partial charge in [-0.25, -0.2) is 0 Å². The van der Waals surface area contributed by atoms with Crippen molar-refractivity contribution >= 4 is 27.4 Å². The average Bonchev–Trinajstić information content (AvgIpc) is 2.55. The number of anilines is 1. The molecular formula is C10H11N3S. The largest absolute Gasteiger partial charge is 0.370 e. The second kappa shape index (κ2) is 3.22. The predicted octanol–water partition coefficient (Wildman–Crippen LogP) is 1.68. The third kappa shape index (κ3) is 1.27. The van der Waals surface area contributed by atoms with Gasteiger partial charge in [0.1, 0.15) is 5.00 Å². The van der Waals surface area contributed by atoms with E-state index >= 15 is 0 Å². The summed E-state index contributed by atoms with van der Waals surface area (Å²) in [6.45, 7) is 2.12. The molecule has 1 aromatic heterocycles. The number of nitrogens with zero attached hydrogens (tertiary/aromatic N) is 1. The normalized spacial score (nSPS) is 16.9. The molecule has 1 saturated heterocycles. The van der Waals surface area contributed by atoms with E-state index in [1.54, 1.807) is 11.5 Å². The minimum Gasteiger partial charge on any atom is -0.370 e. The molecule has 1 aliphatic heterocycles. The van der Waals surface area contributed by atoms with Crippen LogP contribution in [0, 0.1) is 0 Å². The van der Waals surface area contributed by atoms with E-state index < -0.39 is 0 Å². The first-order valence-corrected chi connectivity index (χ1v) is 5.52. The Balaban J connectivity index is 1.95. The second-order valence-corrected chi connectivity index (χ2v) is 4.30. The van der Waals surface area contributed by atoms with E-state index in [1.807, 2.05) is 6.07 Å². The summed E-state index contributed by atoms with van der Waals surface area (Å²) in [6, 6.07) is 8.83. The van der Waals surface area contributed by atoms with Gasteiger partial charge in [0.2, 0.25) is 0 Å². The average molecular weight is 205 g/mol. The molecule has 1 aromatic carbocycles. The zero-order valence-corrected chi connectivity index (χ0v) is 8.47. The van der Waals surface area contributed by atoms with E-state index in [4.69, 9.17) is 0 Å². The lowest BCUT2D eigenvalue weighted by atomic mass is 10.2. The molecule has 3 rings (SSSR count). The smallest absolute Gasteiger partial charge is 0.117 e. The molecule has 2 heterocycles. The molecule has 72 valence electrons. The van der Waals surface area contributed by atoms with Gasteiger partial charge in [-0.3, -0.25) is 0 Å². The number of nitrogens with one attached hydrogen (secondary N) is 2. The molecule has 2 aromatic rings. The predicted molar refractivity (Wildman–Crippen MR) is 59.9 cm³/mol. The maximum Gasteiger partial charge on any atom is 0.117 e. The van der Waals surface area contributed by atoms with Gasteiger partial charge in [-0.1, -0.05) is 12.1 Å². The van der Waals surface area contributed by atoms with Crippen LogP contribution in [-0.2, 0) is 0 Å². The van der Waals surface area contributed by atoms with E-state index in [1.165, 1.54) is 10.4 Å². The van der Waals surface area contributed by atoms with Gasteiger partial charge in [0.05, 0.1) is 11.6 Å². The van der Waals surface area contributed by atoms with Crippen LogP contribution in [0.3, 0.4) is 0 Å². The molecule has 4 heteroatoms. The number of hydrogen-bond acceptors (Lipinski definition) is 4. The molecule has 0 atom stereocenters. The van der Waals surface area contributed by atoms with Crippen LogP contribution in [0.25, 0.3) is 10.9 Å². The Morgan fingerprint density at radius 1 is 1.36 bits per heavy atom. The van der Waals surface area contributed by atoms with Crippen molar-refractivity contribution in [3.8, 4) is 0 Å². The van der Waals surface area contributed by atoms with Gasteiger partial charge >= 0.3 is 0 Å². The fourth-order valence-electron chi connectivity index (χ4n) is 1.57. The summed E-state index contributed by atoms with van der Waals surface area (Å²) in [5.41, 5.74) is 1.09. The van der Waals surface area contributed by atoms with Gasteiger partial charge < -0.3 is 10.6 Å². The van der Waals surface area contributed by atoms with Gasteiger partial charge in [-0.2, -0.15) is 4.37 Å². The lowest BCUT2D eigenvalue weighted by Gasteiger charge is -2.28. The Labute approximate surface area is 86.3 Å². The van der Waals surface area contributed by atoms with Gasteiger partial charge in [0.15, 0.2) is 0 Å². The van der Waals surface area contributed by atoms with Crippen LogP contribution in [0.4, 0.5) is 5.00 Å². The fourth-order valence-corrected chi connectivity index (χ4v) is 2.41. The topological polar surface area (TPSA) is 37.0 Å². The Hall–Kier alpha value is -1.13. The monoisotopic (exact) mass is 205 g/mol. The molecule has 0 unspecified atom stereocenters. The standard InChI is InChI=1S/C10H11N3S/c1-2-4-9-8(3-1)10(14-13-9)12-7-5-11-6-7/h1-4,7,11-12H,5-6H2. The van der Waals surface area contributed by atoms with Gasteiger partial charge in [-0.05, 0) is 23.7 Å². The molecule has 14 heavy (non-hydrogen) atoms. The third-order valence-electron chi connectivity index (χ3n) is 2.50. The summed E-state index contributed by atoms with van der Waals surface area (Å²) in [5.74, 6) is 0. The number of benzene rings is 1. The SMILES string of the molecule is c1ccc2c(NC3CNC3)snc2c1. The van der Waals surface area contributed by atoms with Gasteiger partial charge in [-0.15, -0.1) is 0 Å². The van der Waals surface area contributed by atoms with Gasteiger partial charge in [0.25, 0.3) is 0 Å². The molecule has 0 saturated carbocycles. The van der Waals surface area contributed by atoms with Crippen molar-refractivity contribution in [1.29, 1.82) is 0 Å². The van der Waals surface area contributed by atoms with Crippen molar-refractivity contribution in [2.45, 2.75) is 6.04 Å². The number of rotatable bonds is 2. The van der Waals surface area contributed by atoms with E-state index in [-0.39, 0.29) is 0 Å². The van der Waals surface area contributed by atoms with Crippen LogP contribution in [0.2, 0.25) is 0 Å². The lowest BCUT2D eigenvalue weighted by molar-refractivity contribution is 0.473. The molecule has 0 bridgehead atoms. The minimum atomic E-state index is 0.582. The van der Waals surface area contributed by atoms with E-state index in [2.05, 4.69) is 33.2 Å². The highest BCUT2D eigenvalue weighted by atomic mass is 32.1. The quantitative estimate of drug-likeness (QED) is 0.783. The van der Waals surface area contributed by atoms with Crippen LogP contribution >= 0.6 is 11.5 Å². The van der Waals surface area contributed by atoms with Crippen LogP contribution in [-0.4, -0.2) is 23.5 Å².